The van der Waals surface area contributed by atoms with E-state index < -0.39 is 7.12 Å². The SMILES string of the molecule is CCN(C)c1ccc(B(O)O)cn1. The van der Waals surface area contributed by atoms with Crippen LogP contribution >= 0.6 is 0 Å². The van der Waals surface area contributed by atoms with Crippen LogP contribution in [0.4, 0.5) is 5.82 Å². The Morgan fingerprint density at radius 3 is 2.54 bits per heavy atom. The highest BCUT2D eigenvalue weighted by Crippen LogP contribution is 2.04. The van der Waals surface area contributed by atoms with E-state index in [9.17, 15) is 0 Å². The van der Waals surface area contributed by atoms with Crippen molar-refractivity contribution in [2.24, 2.45) is 0 Å². The fourth-order valence-corrected chi connectivity index (χ4v) is 0.938. The second-order valence-electron chi connectivity index (χ2n) is 2.84. The van der Waals surface area contributed by atoms with Crippen molar-refractivity contribution in [1.29, 1.82) is 0 Å². The maximum Gasteiger partial charge on any atom is 0.490 e. The van der Waals surface area contributed by atoms with Crippen molar-refractivity contribution in [3.8, 4) is 0 Å². The van der Waals surface area contributed by atoms with Gasteiger partial charge in [-0.25, -0.2) is 4.98 Å². The number of aromatic nitrogens is 1. The summed E-state index contributed by atoms with van der Waals surface area (Å²) in [7, 11) is 0.491. The van der Waals surface area contributed by atoms with Crippen molar-refractivity contribution in [2.75, 3.05) is 18.5 Å². The van der Waals surface area contributed by atoms with Gasteiger partial charge in [0.2, 0.25) is 0 Å². The first kappa shape index (κ1) is 10.0. The summed E-state index contributed by atoms with van der Waals surface area (Å²) in [6.07, 6.45) is 1.46. The molecule has 70 valence electrons. The normalized spacial score (nSPS) is 9.85. The molecule has 1 heterocycles. The first-order chi connectivity index (χ1) is 6.15. The Morgan fingerprint density at radius 1 is 1.46 bits per heavy atom. The Bertz CT molecular complexity index is 263. The minimum Gasteiger partial charge on any atom is -0.423 e. The van der Waals surface area contributed by atoms with E-state index in [1.54, 1.807) is 12.1 Å². The van der Waals surface area contributed by atoms with Crippen LogP contribution in [-0.4, -0.2) is 35.7 Å². The van der Waals surface area contributed by atoms with E-state index in [0.717, 1.165) is 12.4 Å². The van der Waals surface area contributed by atoms with Gasteiger partial charge in [0.25, 0.3) is 0 Å². The average Bonchev–Trinajstić information content (AvgIpc) is 2.17. The van der Waals surface area contributed by atoms with Crippen LogP contribution < -0.4 is 10.4 Å². The largest absolute Gasteiger partial charge is 0.490 e. The van der Waals surface area contributed by atoms with Crippen LogP contribution in [-0.2, 0) is 0 Å². The smallest absolute Gasteiger partial charge is 0.423 e. The molecule has 0 saturated carbocycles. The van der Waals surface area contributed by atoms with E-state index in [-0.39, 0.29) is 0 Å². The van der Waals surface area contributed by atoms with Gasteiger partial charge in [0, 0.05) is 25.3 Å². The second-order valence-corrected chi connectivity index (χ2v) is 2.84. The third-order valence-corrected chi connectivity index (χ3v) is 1.93. The maximum absolute atomic E-state index is 8.81. The summed E-state index contributed by atoms with van der Waals surface area (Å²) in [6.45, 7) is 2.89. The fourth-order valence-electron chi connectivity index (χ4n) is 0.938. The van der Waals surface area contributed by atoms with Crippen LogP contribution in [0.2, 0.25) is 0 Å². The molecular formula is C8H13BN2O2. The summed E-state index contributed by atoms with van der Waals surface area (Å²) in [5.41, 5.74) is 0.410. The van der Waals surface area contributed by atoms with E-state index in [1.165, 1.54) is 6.20 Å². The van der Waals surface area contributed by atoms with Gasteiger partial charge in [0.15, 0.2) is 0 Å². The molecule has 4 nitrogen and oxygen atoms in total. The van der Waals surface area contributed by atoms with E-state index in [1.807, 2.05) is 18.9 Å². The molecule has 5 heteroatoms. The number of rotatable bonds is 3. The number of nitrogens with zero attached hydrogens (tertiary/aromatic N) is 2. The van der Waals surface area contributed by atoms with Crippen LogP contribution in [0, 0.1) is 0 Å². The molecule has 0 atom stereocenters. The third-order valence-electron chi connectivity index (χ3n) is 1.93. The lowest BCUT2D eigenvalue weighted by molar-refractivity contribution is 0.425. The lowest BCUT2D eigenvalue weighted by Crippen LogP contribution is -2.30. The van der Waals surface area contributed by atoms with Gasteiger partial charge in [-0.05, 0) is 13.0 Å². The van der Waals surface area contributed by atoms with Crippen molar-refractivity contribution in [3.63, 3.8) is 0 Å². The molecule has 0 radical (unpaired) electrons. The standard InChI is InChI=1S/C8H13BN2O2/c1-3-11(2)8-5-4-7(6-10-8)9(12)13/h4-6,12-13H,3H2,1-2H3. The molecule has 0 aliphatic carbocycles. The van der Waals surface area contributed by atoms with Gasteiger partial charge < -0.3 is 14.9 Å². The summed E-state index contributed by atoms with van der Waals surface area (Å²) < 4.78 is 0. The fraction of sp³-hybridized carbons (Fsp3) is 0.375. The van der Waals surface area contributed by atoms with Gasteiger partial charge in [-0.15, -0.1) is 0 Å². The van der Waals surface area contributed by atoms with Crippen LogP contribution in [0.5, 0.6) is 0 Å². The molecule has 2 N–H and O–H groups in total. The number of hydrogen-bond acceptors (Lipinski definition) is 4. The summed E-state index contributed by atoms with van der Waals surface area (Å²) in [4.78, 5) is 6.04. The Hall–Kier alpha value is -1.07. The predicted molar refractivity (Wildman–Crippen MR) is 53.0 cm³/mol. The van der Waals surface area contributed by atoms with E-state index in [0.29, 0.717) is 5.46 Å². The molecule has 1 aromatic rings. The molecule has 0 unspecified atom stereocenters. The molecule has 1 aromatic heterocycles. The van der Waals surface area contributed by atoms with Crippen LogP contribution in [0.3, 0.4) is 0 Å². The Morgan fingerprint density at radius 2 is 2.15 bits per heavy atom. The first-order valence-electron chi connectivity index (χ1n) is 4.18. The van der Waals surface area contributed by atoms with Gasteiger partial charge in [-0.1, -0.05) is 6.07 Å². The Balaban J connectivity index is 2.81. The summed E-state index contributed by atoms with van der Waals surface area (Å²) in [5, 5.41) is 17.6. The van der Waals surface area contributed by atoms with Gasteiger partial charge >= 0.3 is 7.12 Å². The molecule has 0 spiro atoms. The van der Waals surface area contributed by atoms with Crippen LogP contribution in [0.1, 0.15) is 6.92 Å². The van der Waals surface area contributed by atoms with Crippen molar-refractivity contribution in [3.05, 3.63) is 18.3 Å². The molecule has 0 amide bonds. The van der Waals surface area contributed by atoms with Crippen molar-refractivity contribution in [2.45, 2.75) is 6.92 Å². The topological polar surface area (TPSA) is 56.6 Å². The average molecular weight is 180 g/mol. The van der Waals surface area contributed by atoms with E-state index in [4.69, 9.17) is 10.0 Å². The van der Waals surface area contributed by atoms with Crippen molar-refractivity contribution < 1.29 is 10.0 Å². The van der Waals surface area contributed by atoms with Gasteiger partial charge in [-0.3, -0.25) is 0 Å². The lowest BCUT2D eigenvalue weighted by atomic mass is 9.82. The van der Waals surface area contributed by atoms with Gasteiger partial charge in [0.05, 0.1) is 0 Å². The van der Waals surface area contributed by atoms with Gasteiger partial charge in [0.1, 0.15) is 5.82 Å². The first-order valence-corrected chi connectivity index (χ1v) is 4.18. The minimum absolute atomic E-state index is 0.410. The van der Waals surface area contributed by atoms with Crippen LogP contribution in [0.15, 0.2) is 18.3 Å². The highest BCUT2D eigenvalue weighted by atomic mass is 16.4. The number of anilines is 1. The zero-order valence-electron chi connectivity index (χ0n) is 7.81. The zero-order chi connectivity index (χ0) is 9.84. The molecule has 0 saturated heterocycles. The van der Waals surface area contributed by atoms with Crippen LogP contribution in [0.25, 0.3) is 0 Å². The minimum atomic E-state index is -1.44. The second kappa shape index (κ2) is 4.25. The molecule has 0 aliphatic heterocycles. The number of hydrogen-bond donors (Lipinski definition) is 2. The lowest BCUT2D eigenvalue weighted by Gasteiger charge is -2.15. The van der Waals surface area contributed by atoms with E-state index in [2.05, 4.69) is 4.98 Å². The predicted octanol–water partition coefficient (Wildman–Crippen LogP) is -0.783. The molecular weight excluding hydrogens is 167 g/mol. The molecule has 13 heavy (non-hydrogen) atoms. The Labute approximate surface area is 78.0 Å². The molecule has 0 aromatic carbocycles. The molecule has 0 bridgehead atoms. The summed E-state index contributed by atoms with van der Waals surface area (Å²) >= 11 is 0. The quantitative estimate of drug-likeness (QED) is 0.599. The van der Waals surface area contributed by atoms with E-state index >= 15 is 0 Å². The summed E-state index contributed by atoms with van der Waals surface area (Å²) in [6, 6.07) is 3.41. The van der Waals surface area contributed by atoms with Crippen molar-refractivity contribution >= 4 is 18.4 Å². The monoisotopic (exact) mass is 180 g/mol. The van der Waals surface area contributed by atoms with Gasteiger partial charge in [-0.2, -0.15) is 0 Å². The number of pyridine rings is 1. The third kappa shape index (κ3) is 2.43. The molecule has 0 aliphatic rings. The molecule has 0 fully saturated rings. The zero-order valence-corrected chi connectivity index (χ0v) is 7.81. The molecule has 1 rings (SSSR count). The highest BCUT2D eigenvalue weighted by Gasteiger charge is 2.10. The Kier molecular flexibility index (Phi) is 3.28. The highest BCUT2D eigenvalue weighted by molar-refractivity contribution is 6.58. The summed E-state index contributed by atoms with van der Waals surface area (Å²) in [5.74, 6) is 0.826. The van der Waals surface area contributed by atoms with Crippen molar-refractivity contribution in [1.82, 2.24) is 4.98 Å². The maximum atomic E-state index is 8.81.